The molecule has 0 atom stereocenters. The molecule has 2 N–H and O–H groups in total. The average Bonchev–Trinajstić information content (AvgIpc) is 1.57. The van der Waals surface area contributed by atoms with Gasteiger partial charge in [0.2, 0.25) is 0 Å². The molecule has 10 nitrogen and oxygen atoms in total. The number of thiophene rings is 15. The number of benzene rings is 5. The Kier molecular flexibility index (Phi) is 39.4. The van der Waals surface area contributed by atoms with Crippen molar-refractivity contribution in [3.63, 3.8) is 0 Å². The molecular formula is C84H57BBr10Cl10O10S15Sn. The van der Waals surface area contributed by atoms with Gasteiger partial charge in [-0.2, -0.15) is 0 Å². The first kappa shape index (κ1) is 109. The molecule has 15 aromatic heterocycles. The number of rotatable bonds is 13. The molecule has 0 saturated heterocycles. The molecule has 0 unspecified atom stereocenters. The standard InChI is InChI=1S/C21H13Cl2O2S4.C20H10Br2Cl2O2S4.C12H6Br2Cl2O2S2.C12H10O2S2.C10H2Br2Cl2O2S2.C5H5BrS.CH2Cl2.3CH3.BBr3.Sn/c1-9-4-6-13(27-9)24-18-15-12(22)8-26-20(15)19(25-14-7-5-10(2)28-14)16-17(23)11(3)29-21(16)18;1-7-3-5-9(27-7)25-15-11-13(23)19(21)30-18(11)16(26-10-6-4-8(2)28-10)12-14(24)20(22)29-17(12)15;1-17-7-3-5(15)11(13)20-10(3)8(18-2)4-6(16)12(14)19-9(4)7;1-13-9-7-3-5-16-12(7)10(14-2)8-4-6-15-11(8)9;11-9-3(13)1-5(15)8-2(4(14)10(12)18-8)6(16)7(1)17-9;1-4-2-3-5(6)7-4;2-1-3;;;;2-1(3)4;/h4-7H,1-3H3;3-6H,1-2H3;1-2H3;3-6H,1-2H3;15-16H;2-3H,1H3;1H2;3*1H3;;. The molecule has 15 heterocycles. The van der Waals surface area contributed by atoms with Crippen LogP contribution < -0.4 is 40.8 Å². The van der Waals surface area contributed by atoms with Gasteiger partial charge in [-0.1, -0.05) is 69.6 Å². The number of aryl methyl sites for hydroxylation is 6. The summed E-state index contributed by atoms with van der Waals surface area (Å²) in [6.07, 6.45) is 0. The molecule has 20 aromatic rings. The molecule has 20 rings (SSSR count). The van der Waals surface area contributed by atoms with Crippen LogP contribution in [0.15, 0.2) is 110 Å². The van der Waals surface area contributed by atoms with Gasteiger partial charge in [-0.15, -0.1) is 195 Å². The second kappa shape index (κ2) is 47.3. The minimum absolute atomic E-state index is 0.0438. The molecule has 0 spiro atoms. The fourth-order valence-electron chi connectivity index (χ4n) is 13.0. The molecule has 0 amide bonds. The monoisotopic (exact) mass is 2970 g/mol. The molecule has 0 aliphatic heterocycles. The van der Waals surface area contributed by atoms with E-state index in [4.69, 9.17) is 154 Å². The molecule has 0 bridgehead atoms. The largest absolute Gasteiger partial charge is 0.506 e. The predicted molar refractivity (Wildman–Crippen MR) is 632 cm³/mol. The molecular weight excluding hydrogens is 2930 g/mol. The van der Waals surface area contributed by atoms with Crippen molar-refractivity contribution in [2.24, 2.45) is 0 Å². The van der Waals surface area contributed by atoms with Crippen LogP contribution >= 0.6 is 445 Å². The van der Waals surface area contributed by atoms with E-state index in [1.54, 1.807) is 130 Å². The number of methoxy groups -OCH3 is 4. The van der Waals surface area contributed by atoms with E-state index in [-0.39, 0.29) is 20.0 Å². The summed E-state index contributed by atoms with van der Waals surface area (Å²) in [6, 6.07) is 24.5. The maximum absolute atomic E-state index is 10.3. The maximum Gasteiger partial charge on any atom is 0.181 e. The van der Waals surface area contributed by atoms with Gasteiger partial charge in [-0.05, 0) is 192 Å². The summed E-state index contributed by atoms with van der Waals surface area (Å²) in [5, 5.41) is 41.4. The zero-order valence-corrected chi connectivity index (χ0v) is 107. The fourth-order valence-corrected chi connectivity index (χ4v) is 41.5. The summed E-state index contributed by atoms with van der Waals surface area (Å²) in [7, 11) is 6.70. The van der Waals surface area contributed by atoms with Crippen LogP contribution in [0.3, 0.4) is 0 Å². The van der Waals surface area contributed by atoms with Crippen LogP contribution in [0.1, 0.15) is 29.3 Å². The molecule has 47 heteroatoms. The number of phenols is 2. The average molecular weight is 2990 g/mol. The van der Waals surface area contributed by atoms with Crippen molar-refractivity contribution in [2.45, 2.75) is 56.4 Å². The summed E-state index contributed by atoms with van der Waals surface area (Å²) >= 11 is 116. The minimum Gasteiger partial charge on any atom is -0.506 e. The fraction of sp³-hybridized carbons (Fsp3) is 0.167. The zero-order chi connectivity index (χ0) is 95.3. The minimum atomic E-state index is -2.52. The van der Waals surface area contributed by atoms with Gasteiger partial charge in [0.1, 0.15) is 34.5 Å². The number of alkyl halides is 2. The number of aromatic hydroxyl groups is 2. The number of hydrogen-bond donors (Lipinski definition) is 2. The Balaban J connectivity index is 0.000000137. The number of fused-ring (bicyclic) bond motifs is 10. The van der Waals surface area contributed by atoms with Gasteiger partial charge >= 0.3 is 229 Å². The molecule has 690 valence electrons. The number of hydrogen-bond acceptors (Lipinski definition) is 25. The summed E-state index contributed by atoms with van der Waals surface area (Å²) in [5.41, 5.74) is 0. The van der Waals surface area contributed by atoms with E-state index in [0.717, 1.165) is 166 Å². The molecule has 0 radical (unpaired) electrons. The van der Waals surface area contributed by atoms with Crippen molar-refractivity contribution in [1.29, 1.82) is 0 Å². The smallest absolute Gasteiger partial charge is 0.181 e. The van der Waals surface area contributed by atoms with E-state index in [1.807, 2.05) is 43.3 Å². The summed E-state index contributed by atoms with van der Waals surface area (Å²) < 4.78 is 64.6. The Labute approximate surface area is 950 Å². The third kappa shape index (κ3) is 23.5. The van der Waals surface area contributed by atoms with Crippen molar-refractivity contribution in [2.75, 3.05) is 33.8 Å². The van der Waals surface area contributed by atoms with Crippen molar-refractivity contribution in [3.05, 3.63) is 180 Å². The van der Waals surface area contributed by atoms with Crippen molar-refractivity contribution < 1.29 is 48.1 Å². The first-order chi connectivity index (χ1) is 62.1. The van der Waals surface area contributed by atoms with Crippen LogP contribution in [0.25, 0.3) is 101 Å². The van der Waals surface area contributed by atoms with Crippen LogP contribution in [0.4, 0.5) is 0 Å². The molecule has 0 aliphatic carbocycles. The van der Waals surface area contributed by atoms with Crippen LogP contribution in [0.5, 0.6) is 77.7 Å². The Hall–Kier alpha value is 0.764. The second-order valence-corrected chi connectivity index (χ2v) is 79.1. The van der Waals surface area contributed by atoms with E-state index in [1.165, 1.54) is 99.1 Å². The van der Waals surface area contributed by atoms with Gasteiger partial charge in [0.15, 0.2) is 21.6 Å². The predicted octanol–water partition coefficient (Wildman–Crippen LogP) is 45.7. The summed E-state index contributed by atoms with van der Waals surface area (Å²) in [5.74, 6) is 6.43. The van der Waals surface area contributed by atoms with Gasteiger partial charge in [0.25, 0.3) is 0 Å². The van der Waals surface area contributed by atoms with Crippen molar-refractivity contribution >= 4 is 570 Å². The van der Waals surface area contributed by atoms with Gasteiger partial charge in [0, 0.05) is 25.4 Å². The van der Waals surface area contributed by atoms with Crippen molar-refractivity contribution in [1.82, 2.24) is 0 Å². The number of halogens is 20. The molecule has 0 fully saturated rings. The first-order valence-electron chi connectivity index (χ1n) is 36.8. The van der Waals surface area contributed by atoms with Crippen LogP contribution in [0.2, 0.25) is 55.0 Å². The quantitative estimate of drug-likeness (QED) is 0.0657. The molecule has 131 heavy (non-hydrogen) atoms. The second-order valence-electron chi connectivity index (χ2n) is 27.8. The molecule has 0 aliphatic rings. The number of ether oxygens (including phenoxy) is 8. The van der Waals surface area contributed by atoms with Gasteiger partial charge in [-0.3, -0.25) is 0 Å². The van der Waals surface area contributed by atoms with Crippen LogP contribution in [-0.4, -0.2) is 65.6 Å². The third-order valence-electron chi connectivity index (χ3n) is 18.3. The topological polar surface area (TPSA) is 114 Å². The maximum atomic E-state index is 10.3. The third-order valence-corrected chi connectivity index (χ3v) is 53.9. The Morgan fingerprint density at radius 2 is 0.557 bits per heavy atom. The van der Waals surface area contributed by atoms with Crippen molar-refractivity contribution in [3.8, 4) is 77.7 Å². The van der Waals surface area contributed by atoms with E-state index in [0.29, 0.717) is 69.4 Å². The van der Waals surface area contributed by atoms with Gasteiger partial charge in [0.05, 0.1) is 160 Å². The van der Waals surface area contributed by atoms with E-state index in [9.17, 15) is 10.2 Å². The zero-order valence-electron chi connectivity index (χ0n) is 68.7. The van der Waals surface area contributed by atoms with E-state index >= 15 is 0 Å². The number of phenolic OH excluding ortho intramolecular Hbond substituents is 2. The molecule has 0 saturated carbocycles. The Bertz CT molecular complexity index is 7250. The Morgan fingerprint density at radius 1 is 0.305 bits per heavy atom. The normalized spacial score (nSPS) is 11.3. The molecule has 5 aromatic carbocycles. The van der Waals surface area contributed by atoms with Gasteiger partial charge in [-0.25, -0.2) is 0 Å². The van der Waals surface area contributed by atoms with Crippen LogP contribution in [0, 0.1) is 41.5 Å². The summed E-state index contributed by atoms with van der Waals surface area (Å²) in [6.45, 7) is 12.4. The Morgan fingerprint density at radius 3 is 0.824 bits per heavy atom. The van der Waals surface area contributed by atoms with Crippen LogP contribution in [-0.2, 0) is 0 Å². The van der Waals surface area contributed by atoms with Gasteiger partial charge < -0.3 is 38.6 Å². The first-order valence-corrected chi connectivity index (χ1v) is 71.5. The summed E-state index contributed by atoms with van der Waals surface area (Å²) in [4.78, 5) is 14.3. The SMILES string of the molecule is BrB(Br)Br.COc1c2ccsc2c(OC)c2ccsc12.COc1c2sc(Br)c(Cl)c2c(OC)c2sc(Br)c(Cl)c12.Cc1ccc(Br)s1.Cc1ccc(Oc2c3s[c]([Sn]([CH3])([CH3])[CH3])c(Cl)c3c(Oc3ccc(C)s3)c3sc(C)c(Cl)c23)s1.Cc1ccc(Oc2c3sc(Br)c(Cl)c3c(Oc3ccc(C)s3)c3sc(Br)c(Cl)c23)s1.ClCCl.Oc1c2sc(Br)c(Cl)c2c(O)c2sc(Br)c(Cl)c12. The van der Waals surface area contributed by atoms with E-state index < -0.39 is 18.4 Å². The van der Waals surface area contributed by atoms with E-state index in [2.05, 4.69) is 255 Å².